The molecule has 0 aliphatic rings. The zero-order valence-corrected chi connectivity index (χ0v) is 25.5. The second-order valence-electron chi connectivity index (χ2n) is 6.58. The summed E-state index contributed by atoms with van der Waals surface area (Å²) in [4.78, 5) is 11.0. The van der Waals surface area contributed by atoms with Gasteiger partial charge in [0.2, 0.25) is 0 Å². The van der Waals surface area contributed by atoms with E-state index in [2.05, 4.69) is 95.7 Å². The van der Waals surface area contributed by atoms with Crippen molar-refractivity contribution in [2.45, 2.75) is 19.3 Å². The summed E-state index contributed by atoms with van der Waals surface area (Å²) in [6, 6.07) is 7.61. The predicted molar refractivity (Wildman–Crippen MR) is 155 cm³/mol. The molecule has 2 rings (SSSR count). The molecule has 0 saturated heterocycles. The number of carboxylic acids is 1. The van der Waals surface area contributed by atoms with E-state index in [1.54, 1.807) is 7.11 Å². The molecule has 31 heavy (non-hydrogen) atoms. The van der Waals surface area contributed by atoms with Crippen LogP contribution in [0.2, 0.25) is 0 Å². The van der Waals surface area contributed by atoms with Gasteiger partial charge >= 0.3 is 5.97 Å². The van der Waals surface area contributed by atoms with Gasteiger partial charge in [-0.05, 0) is 146 Å². The minimum Gasteiger partial charge on any atom is -0.491 e. The third-order valence-electron chi connectivity index (χ3n) is 4.05. The number of ether oxygens (including phenoxy) is 3. The molecule has 0 bridgehead atoms. The maximum atomic E-state index is 11.0. The van der Waals surface area contributed by atoms with Crippen molar-refractivity contribution >= 4 is 96.3 Å². The maximum Gasteiger partial charge on any atom is 0.307 e. The second kappa shape index (κ2) is 14.6. The maximum absolute atomic E-state index is 11.0. The molecule has 0 aliphatic heterocycles. The van der Waals surface area contributed by atoms with E-state index in [0.717, 1.165) is 69.6 Å². The molecule has 0 unspecified atom stereocenters. The van der Waals surface area contributed by atoms with Crippen molar-refractivity contribution in [2.75, 3.05) is 33.4 Å². The zero-order chi connectivity index (χ0) is 22.8. The SMILES string of the molecule is COCCCNCCCOc1c(I)cc(Oc2c(I)cc(CC(=O)O)cc2I)cc1I. The van der Waals surface area contributed by atoms with Crippen molar-refractivity contribution in [3.63, 3.8) is 0 Å². The van der Waals surface area contributed by atoms with Crippen LogP contribution < -0.4 is 14.8 Å². The van der Waals surface area contributed by atoms with Crippen LogP contribution in [0, 0.1) is 14.3 Å². The van der Waals surface area contributed by atoms with E-state index < -0.39 is 5.97 Å². The van der Waals surface area contributed by atoms with Crippen molar-refractivity contribution in [2.24, 2.45) is 0 Å². The number of halogens is 4. The van der Waals surface area contributed by atoms with Gasteiger partial charge in [-0.3, -0.25) is 4.79 Å². The van der Waals surface area contributed by atoms with Crippen molar-refractivity contribution < 1.29 is 24.1 Å². The Morgan fingerprint density at radius 1 is 0.903 bits per heavy atom. The van der Waals surface area contributed by atoms with E-state index >= 15 is 0 Å². The molecule has 6 nitrogen and oxygen atoms in total. The standard InChI is InChI=1S/C21H23I4NO5/c1-29-6-2-4-26-5-3-7-30-20-17(24)11-14(12-18(20)25)31-21-15(22)8-13(9-16(21)23)10-19(27)28/h8-9,11-12,26H,2-7,10H2,1H3,(H,27,28). The van der Waals surface area contributed by atoms with Gasteiger partial charge in [-0.25, -0.2) is 0 Å². The Hall–Kier alpha value is 0.350. The van der Waals surface area contributed by atoms with E-state index in [-0.39, 0.29) is 6.42 Å². The lowest BCUT2D eigenvalue weighted by Gasteiger charge is -2.15. The number of aliphatic carboxylic acids is 1. The third-order valence-corrected chi connectivity index (χ3v) is 7.26. The van der Waals surface area contributed by atoms with Crippen LogP contribution in [0.15, 0.2) is 24.3 Å². The van der Waals surface area contributed by atoms with Crippen LogP contribution in [0.1, 0.15) is 18.4 Å². The van der Waals surface area contributed by atoms with Crippen LogP contribution in [0.3, 0.4) is 0 Å². The van der Waals surface area contributed by atoms with Gasteiger partial charge in [-0.15, -0.1) is 0 Å². The third kappa shape index (κ3) is 9.62. The van der Waals surface area contributed by atoms with Gasteiger partial charge in [0, 0.05) is 13.7 Å². The van der Waals surface area contributed by atoms with Gasteiger partial charge in [-0.1, -0.05) is 0 Å². The number of hydrogen-bond acceptors (Lipinski definition) is 5. The normalized spacial score (nSPS) is 10.9. The van der Waals surface area contributed by atoms with Crippen LogP contribution in [0.25, 0.3) is 0 Å². The quantitative estimate of drug-likeness (QED) is 0.193. The monoisotopic (exact) mass is 877 g/mol. The van der Waals surface area contributed by atoms with Gasteiger partial charge in [0.05, 0.1) is 27.3 Å². The molecular formula is C21H23I4NO5. The smallest absolute Gasteiger partial charge is 0.307 e. The largest absolute Gasteiger partial charge is 0.491 e. The average molecular weight is 877 g/mol. The lowest BCUT2D eigenvalue weighted by Crippen LogP contribution is -2.19. The van der Waals surface area contributed by atoms with Gasteiger partial charge in [-0.2, -0.15) is 0 Å². The molecule has 0 spiro atoms. The number of carbonyl (C=O) groups is 1. The highest BCUT2D eigenvalue weighted by Gasteiger charge is 2.15. The first-order valence-corrected chi connectivity index (χ1v) is 13.8. The highest BCUT2D eigenvalue weighted by molar-refractivity contribution is 14.1. The molecule has 10 heteroatoms. The number of nitrogens with one attached hydrogen (secondary N) is 1. The van der Waals surface area contributed by atoms with E-state index in [1.165, 1.54) is 0 Å². The fourth-order valence-electron chi connectivity index (χ4n) is 2.68. The summed E-state index contributed by atoms with van der Waals surface area (Å²) in [5.74, 6) is 1.48. The molecular weight excluding hydrogens is 854 g/mol. The molecule has 0 saturated carbocycles. The predicted octanol–water partition coefficient (Wildman–Crippen LogP) is 5.92. The Kier molecular flexibility index (Phi) is 13.0. The molecule has 0 radical (unpaired) electrons. The minimum atomic E-state index is -0.846. The summed E-state index contributed by atoms with van der Waals surface area (Å²) in [7, 11) is 1.72. The summed E-state index contributed by atoms with van der Waals surface area (Å²) in [6.45, 7) is 3.28. The van der Waals surface area contributed by atoms with Gasteiger partial charge < -0.3 is 24.6 Å². The molecule has 170 valence electrons. The number of rotatable bonds is 13. The van der Waals surface area contributed by atoms with Crippen LogP contribution in [0.4, 0.5) is 0 Å². The Morgan fingerprint density at radius 3 is 2.00 bits per heavy atom. The highest BCUT2D eigenvalue weighted by atomic mass is 127. The fourth-order valence-corrected chi connectivity index (χ4v) is 6.82. The Bertz CT molecular complexity index is 848. The van der Waals surface area contributed by atoms with E-state index in [1.807, 2.05) is 24.3 Å². The Labute approximate surface area is 237 Å². The van der Waals surface area contributed by atoms with E-state index in [9.17, 15) is 4.79 Å². The van der Waals surface area contributed by atoms with E-state index in [4.69, 9.17) is 19.3 Å². The topological polar surface area (TPSA) is 77.0 Å². The molecule has 2 N–H and O–H groups in total. The summed E-state index contributed by atoms with van der Waals surface area (Å²) in [5.41, 5.74) is 0.759. The number of hydrogen-bond donors (Lipinski definition) is 2. The average Bonchev–Trinajstić information content (AvgIpc) is 2.68. The minimum absolute atomic E-state index is 0.00318. The van der Waals surface area contributed by atoms with Gasteiger partial charge in [0.1, 0.15) is 11.5 Å². The molecule has 0 heterocycles. The van der Waals surface area contributed by atoms with Crippen LogP contribution in [-0.2, 0) is 16.0 Å². The lowest BCUT2D eigenvalue weighted by molar-refractivity contribution is -0.136. The van der Waals surface area contributed by atoms with Crippen LogP contribution >= 0.6 is 90.4 Å². The Morgan fingerprint density at radius 2 is 1.45 bits per heavy atom. The summed E-state index contributed by atoms with van der Waals surface area (Å²) in [6.07, 6.45) is 1.93. The zero-order valence-electron chi connectivity index (χ0n) is 16.9. The van der Waals surface area contributed by atoms with E-state index in [0.29, 0.717) is 6.61 Å². The van der Waals surface area contributed by atoms with Gasteiger partial charge in [0.15, 0.2) is 5.75 Å². The number of benzene rings is 2. The van der Waals surface area contributed by atoms with Crippen LogP contribution in [-0.4, -0.2) is 44.5 Å². The lowest BCUT2D eigenvalue weighted by atomic mass is 10.1. The molecule has 2 aromatic carbocycles. The molecule has 0 aromatic heterocycles. The Balaban J connectivity index is 1.97. The first-order chi connectivity index (χ1) is 14.8. The van der Waals surface area contributed by atoms with Crippen molar-refractivity contribution in [1.82, 2.24) is 5.32 Å². The molecule has 0 fully saturated rings. The first kappa shape index (κ1) is 27.6. The molecule has 2 aromatic rings. The first-order valence-electron chi connectivity index (χ1n) is 9.51. The van der Waals surface area contributed by atoms with Crippen molar-refractivity contribution in [3.8, 4) is 17.2 Å². The van der Waals surface area contributed by atoms with Crippen LogP contribution in [0.5, 0.6) is 17.2 Å². The van der Waals surface area contributed by atoms with Crippen molar-refractivity contribution in [1.29, 1.82) is 0 Å². The van der Waals surface area contributed by atoms with Crippen molar-refractivity contribution in [3.05, 3.63) is 44.1 Å². The number of methoxy groups -OCH3 is 1. The highest BCUT2D eigenvalue weighted by Crippen LogP contribution is 2.37. The fraction of sp³-hybridized carbons (Fsp3) is 0.381. The number of carboxylic acid groups (broad SMARTS) is 1. The second-order valence-corrected chi connectivity index (χ2v) is 11.2. The molecule has 0 atom stereocenters. The summed E-state index contributed by atoms with van der Waals surface area (Å²) in [5, 5.41) is 12.4. The van der Waals surface area contributed by atoms with Gasteiger partial charge in [0.25, 0.3) is 0 Å². The summed E-state index contributed by atoms with van der Waals surface area (Å²) >= 11 is 8.89. The molecule has 0 aliphatic carbocycles. The summed E-state index contributed by atoms with van der Waals surface area (Å²) < 4.78 is 20.9. The molecule has 0 amide bonds.